The van der Waals surface area contributed by atoms with Crippen LogP contribution in [0.15, 0.2) is 73.3 Å². The zero-order chi connectivity index (χ0) is 17.1. The van der Waals surface area contributed by atoms with Crippen LogP contribution in [-0.4, -0.2) is 0 Å². The van der Waals surface area contributed by atoms with Crippen LogP contribution in [0, 0.1) is 12.8 Å². The van der Waals surface area contributed by atoms with E-state index < -0.39 is 0 Å². The minimum atomic E-state index is 0.876. The average Bonchev–Trinajstić information content (AvgIpc) is 3.16. The number of pyridine rings is 2. The van der Waals surface area contributed by atoms with Crippen molar-refractivity contribution in [3.63, 3.8) is 0 Å². The van der Waals surface area contributed by atoms with Crippen molar-refractivity contribution < 1.29 is 9.13 Å². The van der Waals surface area contributed by atoms with E-state index in [-0.39, 0.29) is 0 Å². The first kappa shape index (κ1) is 16.0. The summed E-state index contributed by atoms with van der Waals surface area (Å²) in [7, 11) is 0. The maximum Gasteiger partial charge on any atom is 0.210 e. The minimum absolute atomic E-state index is 0.876. The lowest BCUT2D eigenvalue weighted by Gasteiger charge is -2.05. The van der Waals surface area contributed by atoms with Crippen molar-refractivity contribution in [3.8, 4) is 16.8 Å². The molecule has 1 fully saturated rings. The Hall–Kier alpha value is -2.48. The summed E-state index contributed by atoms with van der Waals surface area (Å²) in [6.07, 6.45) is 14.4. The summed E-state index contributed by atoms with van der Waals surface area (Å²) in [6.45, 7) is 3.29. The fourth-order valence-corrected chi connectivity index (χ4v) is 3.77. The summed E-state index contributed by atoms with van der Waals surface area (Å²) in [5, 5.41) is 0. The summed E-state index contributed by atoms with van der Waals surface area (Å²) < 4.78 is 4.50. The summed E-state index contributed by atoms with van der Waals surface area (Å²) in [4.78, 5) is 0. The zero-order valence-corrected chi connectivity index (χ0v) is 14.9. The van der Waals surface area contributed by atoms with E-state index in [1.807, 2.05) is 0 Å². The Morgan fingerprint density at radius 1 is 0.760 bits per heavy atom. The monoisotopic (exact) mass is 330 g/mol. The first-order chi connectivity index (χ1) is 12.3. The molecule has 1 aliphatic carbocycles. The molecule has 2 aromatic heterocycles. The molecule has 0 saturated heterocycles. The molecule has 25 heavy (non-hydrogen) atoms. The van der Waals surface area contributed by atoms with Crippen LogP contribution in [-0.2, 0) is 6.54 Å². The number of benzene rings is 1. The molecular weight excluding hydrogens is 304 g/mol. The molecule has 1 aliphatic rings. The molecule has 1 saturated carbocycles. The Bertz CT molecular complexity index is 811. The number of rotatable bonds is 4. The highest BCUT2D eigenvalue weighted by atomic mass is 14.9. The van der Waals surface area contributed by atoms with Crippen LogP contribution in [0.25, 0.3) is 16.8 Å². The second kappa shape index (κ2) is 7.18. The predicted molar refractivity (Wildman–Crippen MR) is 100 cm³/mol. The maximum absolute atomic E-state index is 2.34. The molecule has 0 radical (unpaired) electrons. The van der Waals surface area contributed by atoms with Crippen LogP contribution in [0.5, 0.6) is 0 Å². The topological polar surface area (TPSA) is 7.76 Å². The van der Waals surface area contributed by atoms with Crippen molar-refractivity contribution in [2.24, 2.45) is 5.92 Å². The molecule has 0 aliphatic heterocycles. The predicted octanol–water partition coefficient (Wildman–Crippen LogP) is 4.42. The smallest absolute Gasteiger partial charge is 0.205 e. The lowest BCUT2D eigenvalue weighted by Crippen LogP contribution is -2.35. The molecule has 1 aromatic carbocycles. The molecule has 2 heteroatoms. The van der Waals surface area contributed by atoms with E-state index in [4.69, 9.17) is 0 Å². The summed E-state index contributed by atoms with van der Waals surface area (Å²) in [6, 6.07) is 17.5. The molecule has 0 spiro atoms. The van der Waals surface area contributed by atoms with Crippen LogP contribution in [0.1, 0.15) is 31.2 Å². The Morgan fingerprint density at radius 2 is 1.32 bits per heavy atom. The quantitative estimate of drug-likeness (QED) is 0.626. The molecule has 2 nitrogen and oxygen atoms in total. The van der Waals surface area contributed by atoms with Gasteiger partial charge in [0.1, 0.15) is 0 Å². The van der Waals surface area contributed by atoms with Gasteiger partial charge in [0, 0.05) is 42.3 Å². The molecular formula is C23H26N2+2. The van der Waals surface area contributed by atoms with Gasteiger partial charge < -0.3 is 0 Å². The zero-order valence-electron chi connectivity index (χ0n) is 14.9. The van der Waals surface area contributed by atoms with Gasteiger partial charge in [-0.1, -0.05) is 30.5 Å². The Labute approximate surface area is 150 Å². The number of hydrogen-bond acceptors (Lipinski definition) is 0. The second-order valence-corrected chi connectivity index (χ2v) is 7.26. The van der Waals surface area contributed by atoms with Crippen LogP contribution in [0.3, 0.4) is 0 Å². The van der Waals surface area contributed by atoms with Crippen LogP contribution in [0.4, 0.5) is 0 Å². The van der Waals surface area contributed by atoms with Gasteiger partial charge in [0.25, 0.3) is 0 Å². The molecule has 126 valence electrons. The van der Waals surface area contributed by atoms with Crippen molar-refractivity contribution in [1.29, 1.82) is 0 Å². The molecule has 0 unspecified atom stereocenters. The van der Waals surface area contributed by atoms with E-state index in [0.717, 1.165) is 5.92 Å². The highest BCUT2D eigenvalue weighted by Gasteiger charge is 2.19. The standard InChI is InChI=1S/C23H26N2/c1-19-6-8-23(9-7-19)25-16-12-22(13-17-25)21-10-14-24(15-11-21)18-20-4-2-3-5-20/h6-17,20H,2-5,18H2,1H3/q+2. The highest BCUT2D eigenvalue weighted by molar-refractivity contribution is 5.61. The van der Waals surface area contributed by atoms with E-state index in [0.29, 0.717) is 0 Å². The first-order valence-corrected chi connectivity index (χ1v) is 9.36. The third-order valence-electron chi connectivity index (χ3n) is 5.33. The van der Waals surface area contributed by atoms with Gasteiger partial charge in [0.2, 0.25) is 5.69 Å². The normalized spacial score (nSPS) is 14.8. The first-order valence-electron chi connectivity index (χ1n) is 9.36. The third kappa shape index (κ3) is 3.79. The van der Waals surface area contributed by atoms with Gasteiger partial charge in [0.05, 0.1) is 0 Å². The van der Waals surface area contributed by atoms with Crippen molar-refractivity contribution in [3.05, 3.63) is 78.9 Å². The molecule has 3 aromatic rings. The van der Waals surface area contributed by atoms with E-state index in [2.05, 4.69) is 89.4 Å². The average molecular weight is 330 g/mol. The van der Waals surface area contributed by atoms with Gasteiger partial charge >= 0.3 is 0 Å². The third-order valence-corrected chi connectivity index (χ3v) is 5.33. The van der Waals surface area contributed by atoms with E-state index in [1.54, 1.807) is 0 Å². The van der Waals surface area contributed by atoms with Gasteiger partial charge in [-0.05, 0) is 30.9 Å². The largest absolute Gasteiger partial charge is 0.210 e. The number of nitrogens with zero attached hydrogens (tertiary/aromatic N) is 2. The maximum atomic E-state index is 2.34. The summed E-state index contributed by atoms with van der Waals surface area (Å²) in [5.74, 6) is 0.876. The van der Waals surface area contributed by atoms with Crippen LogP contribution in [0.2, 0.25) is 0 Å². The van der Waals surface area contributed by atoms with Crippen molar-refractivity contribution in [1.82, 2.24) is 0 Å². The van der Waals surface area contributed by atoms with E-state index in [1.165, 1.54) is 54.6 Å². The van der Waals surface area contributed by atoms with Gasteiger partial charge in [-0.25, -0.2) is 4.57 Å². The van der Waals surface area contributed by atoms with Gasteiger partial charge in [-0.15, -0.1) is 0 Å². The molecule has 0 bridgehead atoms. The Kier molecular flexibility index (Phi) is 4.60. The van der Waals surface area contributed by atoms with Crippen molar-refractivity contribution in [2.45, 2.75) is 39.2 Å². The van der Waals surface area contributed by atoms with Crippen molar-refractivity contribution >= 4 is 0 Å². The fourth-order valence-electron chi connectivity index (χ4n) is 3.77. The van der Waals surface area contributed by atoms with Crippen LogP contribution >= 0.6 is 0 Å². The molecule has 0 amide bonds. The van der Waals surface area contributed by atoms with Crippen LogP contribution < -0.4 is 9.13 Å². The minimum Gasteiger partial charge on any atom is -0.205 e. The van der Waals surface area contributed by atoms with Gasteiger partial charge in [-0.2, -0.15) is 4.57 Å². The van der Waals surface area contributed by atoms with Gasteiger partial charge in [-0.3, -0.25) is 0 Å². The highest BCUT2D eigenvalue weighted by Crippen LogP contribution is 2.24. The molecule has 2 heterocycles. The Balaban J connectivity index is 1.48. The number of aryl methyl sites for hydroxylation is 1. The van der Waals surface area contributed by atoms with Crippen molar-refractivity contribution in [2.75, 3.05) is 0 Å². The van der Waals surface area contributed by atoms with Gasteiger partial charge in [0.15, 0.2) is 31.3 Å². The summed E-state index contributed by atoms with van der Waals surface area (Å²) in [5.41, 5.74) is 5.02. The Morgan fingerprint density at radius 3 is 1.92 bits per heavy atom. The number of aromatic nitrogens is 2. The lowest BCUT2D eigenvalue weighted by molar-refractivity contribution is -0.703. The number of hydrogen-bond donors (Lipinski definition) is 0. The van der Waals surface area contributed by atoms with E-state index in [9.17, 15) is 0 Å². The second-order valence-electron chi connectivity index (χ2n) is 7.26. The SMILES string of the molecule is Cc1ccc(-[n+]2ccc(-c3cc[n+](CC4CCCC4)cc3)cc2)cc1. The fraction of sp³-hybridized carbons (Fsp3) is 0.304. The summed E-state index contributed by atoms with van der Waals surface area (Å²) >= 11 is 0. The van der Waals surface area contributed by atoms with E-state index >= 15 is 0 Å². The molecule has 0 atom stereocenters. The molecule has 0 N–H and O–H groups in total. The lowest BCUT2D eigenvalue weighted by atomic mass is 10.1. The molecule has 4 rings (SSSR count).